The lowest BCUT2D eigenvalue weighted by molar-refractivity contribution is 0.184. The molecule has 0 fully saturated rings. The first kappa shape index (κ1) is 8.08. The molecule has 0 aliphatic carbocycles. The summed E-state index contributed by atoms with van der Waals surface area (Å²) < 4.78 is 5.01. The van der Waals surface area contributed by atoms with Crippen LogP contribution in [0.25, 0.3) is 0 Å². The van der Waals surface area contributed by atoms with E-state index in [9.17, 15) is 0 Å². The van der Waals surface area contributed by atoms with Crippen molar-refractivity contribution in [2.24, 2.45) is 0 Å². The van der Waals surface area contributed by atoms with Gasteiger partial charge in [-0.3, -0.25) is 0 Å². The summed E-state index contributed by atoms with van der Waals surface area (Å²) in [4.78, 5) is 0. The normalized spacial score (nSPS) is 10.0. The van der Waals surface area contributed by atoms with E-state index in [1.54, 1.807) is 7.11 Å². The molecule has 2 heteroatoms. The van der Waals surface area contributed by atoms with E-state index in [0.717, 1.165) is 5.69 Å². The average molecular weight is 151 g/mol. The van der Waals surface area contributed by atoms with Gasteiger partial charge < -0.3 is 10.5 Å². The molecule has 0 spiro atoms. The number of aryl methyl sites for hydroxylation is 1. The third-order valence-corrected chi connectivity index (χ3v) is 1.67. The molecule has 1 aromatic carbocycles. The molecule has 11 heavy (non-hydrogen) atoms. The van der Waals surface area contributed by atoms with Gasteiger partial charge in [0.25, 0.3) is 0 Å². The van der Waals surface area contributed by atoms with E-state index in [4.69, 9.17) is 10.5 Å². The predicted molar refractivity (Wildman–Crippen MR) is 46.3 cm³/mol. The fourth-order valence-electron chi connectivity index (χ4n) is 1.04. The van der Waals surface area contributed by atoms with E-state index in [-0.39, 0.29) is 0 Å². The van der Waals surface area contributed by atoms with Crippen LogP contribution in [0, 0.1) is 6.92 Å². The van der Waals surface area contributed by atoms with Gasteiger partial charge in [-0.25, -0.2) is 0 Å². The molecule has 0 aromatic heterocycles. The number of hydrogen-bond donors (Lipinski definition) is 1. The van der Waals surface area contributed by atoms with Gasteiger partial charge in [0, 0.05) is 12.8 Å². The van der Waals surface area contributed by atoms with Crippen LogP contribution in [0.5, 0.6) is 0 Å². The van der Waals surface area contributed by atoms with E-state index in [1.807, 2.05) is 25.1 Å². The molecule has 0 saturated heterocycles. The zero-order valence-electron chi connectivity index (χ0n) is 6.92. The molecular weight excluding hydrogens is 138 g/mol. The number of ether oxygens (including phenoxy) is 1. The minimum Gasteiger partial charge on any atom is -0.399 e. The van der Waals surface area contributed by atoms with E-state index in [1.165, 1.54) is 11.1 Å². The highest BCUT2D eigenvalue weighted by Crippen LogP contribution is 2.12. The summed E-state index contributed by atoms with van der Waals surface area (Å²) in [7, 11) is 1.69. The number of nitrogen functional groups attached to an aromatic ring is 1. The first-order valence-electron chi connectivity index (χ1n) is 3.58. The molecule has 0 amide bonds. The van der Waals surface area contributed by atoms with E-state index in [0.29, 0.717) is 6.61 Å². The van der Waals surface area contributed by atoms with Crippen molar-refractivity contribution < 1.29 is 4.74 Å². The largest absolute Gasteiger partial charge is 0.399 e. The highest BCUT2D eigenvalue weighted by molar-refractivity contribution is 5.43. The van der Waals surface area contributed by atoms with Crippen molar-refractivity contribution in [3.8, 4) is 0 Å². The summed E-state index contributed by atoms with van der Waals surface area (Å²) in [5, 5.41) is 0. The zero-order valence-corrected chi connectivity index (χ0v) is 6.92. The lowest BCUT2D eigenvalue weighted by atomic mass is 10.1. The first-order valence-corrected chi connectivity index (χ1v) is 3.58. The second-order valence-corrected chi connectivity index (χ2v) is 2.62. The third-order valence-electron chi connectivity index (χ3n) is 1.67. The van der Waals surface area contributed by atoms with Gasteiger partial charge in [0.05, 0.1) is 6.61 Å². The lowest BCUT2D eigenvalue weighted by Gasteiger charge is -2.04. The van der Waals surface area contributed by atoms with Crippen LogP contribution in [0.15, 0.2) is 18.2 Å². The number of benzene rings is 1. The fourth-order valence-corrected chi connectivity index (χ4v) is 1.04. The maximum absolute atomic E-state index is 5.58. The van der Waals surface area contributed by atoms with Gasteiger partial charge >= 0.3 is 0 Å². The van der Waals surface area contributed by atoms with Crippen LogP contribution in [-0.4, -0.2) is 7.11 Å². The van der Waals surface area contributed by atoms with Crippen LogP contribution in [0.2, 0.25) is 0 Å². The summed E-state index contributed by atoms with van der Waals surface area (Å²) in [6, 6.07) is 5.84. The molecular formula is C9H13NO. The third kappa shape index (κ3) is 1.95. The Bertz CT molecular complexity index is 245. The molecule has 0 bridgehead atoms. The molecule has 1 aromatic rings. The fraction of sp³-hybridized carbons (Fsp3) is 0.333. The molecule has 0 heterocycles. The van der Waals surface area contributed by atoms with Gasteiger partial charge in [-0.15, -0.1) is 0 Å². The summed E-state index contributed by atoms with van der Waals surface area (Å²) in [5.74, 6) is 0. The topological polar surface area (TPSA) is 35.2 Å². The van der Waals surface area contributed by atoms with Crippen LogP contribution >= 0.6 is 0 Å². The Balaban J connectivity index is 2.90. The Morgan fingerprint density at radius 3 is 2.73 bits per heavy atom. The average Bonchev–Trinajstić information content (AvgIpc) is 1.95. The SMILES string of the molecule is COCc1ccc(N)cc1C. The van der Waals surface area contributed by atoms with E-state index < -0.39 is 0 Å². The van der Waals surface area contributed by atoms with Crippen molar-refractivity contribution in [3.05, 3.63) is 29.3 Å². The molecule has 60 valence electrons. The van der Waals surface area contributed by atoms with Crippen molar-refractivity contribution in [2.75, 3.05) is 12.8 Å². The summed E-state index contributed by atoms with van der Waals surface area (Å²) in [5.41, 5.74) is 8.77. The predicted octanol–water partition coefficient (Wildman–Crippen LogP) is 1.72. The van der Waals surface area contributed by atoms with E-state index >= 15 is 0 Å². The zero-order chi connectivity index (χ0) is 8.27. The molecule has 0 radical (unpaired) electrons. The van der Waals surface area contributed by atoms with Gasteiger partial charge in [-0.1, -0.05) is 6.07 Å². The summed E-state index contributed by atoms with van der Waals surface area (Å²) in [6.07, 6.45) is 0. The highest BCUT2D eigenvalue weighted by Gasteiger charge is 1.96. The molecule has 0 aliphatic heterocycles. The van der Waals surface area contributed by atoms with Gasteiger partial charge in [-0.2, -0.15) is 0 Å². The standard InChI is InChI=1S/C9H13NO/c1-7-5-9(10)4-3-8(7)6-11-2/h3-5H,6,10H2,1-2H3. The second-order valence-electron chi connectivity index (χ2n) is 2.62. The number of rotatable bonds is 2. The Morgan fingerprint density at radius 1 is 1.45 bits per heavy atom. The molecule has 0 atom stereocenters. The van der Waals surface area contributed by atoms with Gasteiger partial charge in [0.2, 0.25) is 0 Å². The van der Waals surface area contributed by atoms with Crippen molar-refractivity contribution in [2.45, 2.75) is 13.5 Å². The van der Waals surface area contributed by atoms with Crippen LogP contribution in [0.3, 0.4) is 0 Å². The Morgan fingerprint density at radius 2 is 2.18 bits per heavy atom. The maximum Gasteiger partial charge on any atom is 0.0715 e. The monoisotopic (exact) mass is 151 g/mol. The lowest BCUT2D eigenvalue weighted by Crippen LogP contribution is -1.93. The minimum absolute atomic E-state index is 0.659. The molecule has 2 N–H and O–H groups in total. The Labute approximate surface area is 67.0 Å². The second kappa shape index (κ2) is 3.39. The molecule has 0 saturated carbocycles. The molecule has 0 aliphatic rings. The molecule has 0 unspecified atom stereocenters. The van der Waals surface area contributed by atoms with Crippen molar-refractivity contribution >= 4 is 5.69 Å². The molecule has 1 rings (SSSR count). The number of hydrogen-bond acceptors (Lipinski definition) is 2. The number of methoxy groups -OCH3 is 1. The van der Waals surface area contributed by atoms with Crippen LogP contribution in [0.1, 0.15) is 11.1 Å². The van der Waals surface area contributed by atoms with Crippen molar-refractivity contribution in [3.63, 3.8) is 0 Å². The molecule has 2 nitrogen and oxygen atoms in total. The van der Waals surface area contributed by atoms with Crippen molar-refractivity contribution in [1.29, 1.82) is 0 Å². The first-order chi connectivity index (χ1) is 5.24. The Kier molecular flexibility index (Phi) is 2.49. The van der Waals surface area contributed by atoms with Crippen molar-refractivity contribution in [1.82, 2.24) is 0 Å². The van der Waals surface area contributed by atoms with Crippen LogP contribution < -0.4 is 5.73 Å². The maximum atomic E-state index is 5.58. The summed E-state index contributed by atoms with van der Waals surface area (Å²) in [6.45, 7) is 2.69. The minimum atomic E-state index is 0.659. The smallest absolute Gasteiger partial charge is 0.0715 e. The van der Waals surface area contributed by atoms with E-state index in [2.05, 4.69) is 0 Å². The Hall–Kier alpha value is -1.02. The van der Waals surface area contributed by atoms with Crippen LogP contribution in [0.4, 0.5) is 5.69 Å². The van der Waals surface area contributed by atoms with Gasteiger partial charge in [0.15, 0.2) is 0 Å². The quantitative estimate of drug-likeness (QED) is 0.653. The summed E-state index contributed by atoms with van der Waals surface area (Å²) >= 11 is 0. The van der Waals surface area contributed by atoms with Crippen LogP contribution in [-0.2, 0) is 11.3 Å². The van der Waals surface area contributed by atoms with Gasteiger partial charge in [-0.05, 0) is 30.2 Å². The highest BCUT2D eigenvalue weighted by atomic mass is 16.5. The van der Waals surface area contributed by atoms with Gasteiger partial charge in [0.1, 0.15) is 0 Å². The number of nitrogens with two attached hydrogens (primary N) is 1. The number of anilines is 1.